The van der Waals surface area contributed by atoms with Crippen LogP contribution in [0.25, 0.3) is 0 Å². The number of carbonyl (C=O) groups is 4. The molecule has 8 heteroatoms. The average Bonchev–Trinajstić information content (AvgIpc) is 3.38. The van der Waals surface area contributed by atoms with Gasteiger partial charge in [0.2, 0.25) is 5.91 Å². The van der Waals surface area contributed by atoms with Crippen molar-refractivity contribution >= 4 is 29.4 Å². The molecule has 132 valence electrons. The zero-order valence-corrected chi connectivity index (χ0v) is 14.0. The molecule has 1 aliphatic heterocycles. The fraction of sp³-hybridized carbons (Fsp3) is 0.412. The van der Waals surface area contributed by atoms with Gasteiger partial charge in [-0.1, -0.05) is 0 Å². The lowest BCUT2D eigenvalue weighted by Crippen LogP contribution is -2.44. The van der Waals surface area contributed by atoms with Crippen LogP contribution >= 0.6 is 0 Å². The van der Waals surface area contributed by atoms with Crippen molar-refractivity contribution in [2.45, 2.75) is 31.8 Å². The Balaban J connectivity index is 1.70. The third-order valence-corrected chi connectivity index (χ3v) is 4.57. The molecule has 0 radical (unpaired) electrons. The van der Waals surface area contributed by atoms with E-state index in [2.05, 4.69) is 5.32 Å². The minimum absolute atomic E-state index is 0.0397. The number of fused-ring (bicyclic) bond motifs is 1. The first-order valence-corrected chi connectivity index (χ1v) is 8.04. The summed E-state index contributed by atoms with van der Waals surface area (Å²) < 4.78 is 0. The molecular weight excluding hydrogens is 326 g/mol. The molecule has 1 aromatic rings. The van der Waals surface area contributed by atoms with Gasteiger partial charge in [0.05, 0.1) is 17.7 Å². The normalized spacial score (nSPS) is 17.6. The second-order valence-corrected chi connectivity index (χ2v) is 6.40. The van der Waals surface area contributed by atoms with E-state index in [1.54, 1.807) is 17.9 Å². The molecule has 1 unspecified atom stereocenters. The third kappa shape index (κ3) is 3.25. The number of carbonyl (C=O) groups excluding carboxylic acids is 3. The third-order valence-electron chi connectivity index (χ3n) is 4.57. The lowest BCUT2D eigenvalue weighted by molar-refractivity contribution is -0.143. The maximum Gasteiger partial charge on any atom is 0.320 e. The van der Waals surface area contributed by atoms with Gasteiger partial charge in [-0.25, -0.2) is 0 Å². The highest BCUT2D eigenvalue weighted by molar-refractivity contribution is 6.21. The molecule has 0 saturated heterocycles. The molecule has 1 heterocycles. The van der Waals surface area contributed by atoms with Gasteiger partial charge in [0.1, 0.15) is 6.04 Å². The highest BCUT2D eigenvalue weighted by Gasteiger charge is 2.36. The second kappa shape index (κ2) is 6.29. The van der Waals surface area contributed by atoms with Gasteiger partial charge < -0.3 is 10.4 Å². The predicted octanol–water partition coefficient (Wildman–Crippen LogP) is 0.788. The molecule has 1 saturated carbocycles. The lowest BCUT2D eigenvalue weighted by atomic mass is 10.1. The number of benzene rings is 1. The molecule has 1 aliphatic carbocycles. The Hall–Kier alpha value is -2.74. The van der Waals surface area contributed by atoms with Crippen molar-refractivity contribution < 1.29 is 24.3 Å². The summed E-state index contributed by atoms with van der Waals surface area (Å²) in [5.74, 6) is -2.10. The number of carboxylic acid groups (broad SMARTS) is 1. The van der Waals surface area contributed by atoms with Gasteiger partial charge in [0.15, 0.2) is 0 Å². The summed E-state index contributed by atoms with van der Waals surface area (Å²) in [6.45, 7) is 1.52. The fourth-order valence-corrected chi connectivity index (χ4v) is 2.94. The van der Waals surface area contributed by atoms with Crippen molar-refractivity contribution in [3.8, 4) is 0 Å². The number of hydrogen-bond donors (Lipinski definition) is 2. The van der Waals surface area contributed by atoms with Crippen LogP contribution in [0.3, 0.4) is 0 Å². The van der Waals surface area contributed by atoms with E-state index in [1.165, 1.54) is 19.2 Å². The van der Waals surface area contributed by atoms with Gasteiger partial charge in [-0.2, -0.15) is 0 Å². The summed E-state index contributed by atoms with van der Waals surface area (Å²) in [4.78, 5) is 50.0. The Bertz CT molecular complexity index is 772. The highest BCUT2D eigenvalue weighted by Crippen LogP contribution is 2.29. The van der Waals surface area contributed by atoms with Gasteiger partial charge in [-0.05, 0) is 38.0 Å². The van der Waals surface area contributed by atoms with Crippen LogP contribution < -0.4 is 5.32 Å². The molecule has 1 atom stereocenters. The molecule has 0 aromatic heterocycles. The quantitative estimate of drug-likeness (QED) is 0.738. The molecule has 8 nitrogen and oxygen atoms in total. The number of hydrogen-bond acceptors (Lipinski definition) is 5. The summed E-state index contributed by atoms with van der Waals surface area (Å²) in [5, 5.41) is 11.8. The molecule has 0 bridgehead atoms. The Morgan fingerprint density at radius 3 is 2.52 bits per heavy atom. The van der Waals surface area contributed by atoms with Crippen LogP contribution in [0.2, 0.25) is 0 Å². The second-order valence-electron chi connectivity index (χ2n) is 6.40. The fourth-order valence-electron chi connectivity index (χ4n) is 2.94. The molecule has 2 N–H and O–H groups in total. The Morgan fingerprint density at radius 2 is 1.92 bits per heavy atom. The number of nitrogens with zero attached hydrogens (tertiary/aromatic N) is 2. The van der Waals surface area contributed by atoms with Crippen LogP contribution in [-0.4, -0.2) is 64.3 Å². The van der Waals surface area contributed by atoms with Crippen LogP contribution in [0.1, 0.15) is 40.5 Å². The number of carboxylic acids is 1. The maximum atomic E-state index is 12.3. The van der Waals surface area contributed by atoms with Crippen molar-refractivity contribution in [1.29, 1.82) is 0 Å². The molecule has 0 spiro atoms. The Kier molecular flexibility index (Phi) is 4.30. The van der Waals surface area contributed by atoms with Gasteiger partial charge in [0.25, 0.3) is 11.8 Å². The Morgan fingerprint density at radius 1 is 1.28 bits per heavy atom. The van der Waals surface area contributed by atoms with Gasteiger partial charge >= 0.3 is 5.97 Å². The highest BCUT2D eigenvalue weighted by atomic mass is 16.4. The number of amides is 3. The van der Waals surface area contributed by atoms with Crippen LogP contribution in [0.15, 0.2) is 18.2 Å². The van der Waals surface area contributed by atoms with Gasteiger partial charge in [-0.15, -0.1) is 0 Å². The average molecular weight is 345 g/mol. The number of aliphatic carboxylic acids is 1. The van der Waals surface area contributed by atoms with Crippen molar-refractivity contribution in [3.05, 3.63) is 29.3 Å². The number of rotatable bonds is 6. The van der Waals surface area contributed by atoms with E-state index in [1.807, 2.05) is 0 Å². The maximum absolute atomic E-state index is 12.3. The van der Waals surface area contributed by atoms with E-state index in [-0.39, 0.29) is 30.0 Å². The minimum Gasteiger partial charge on any atom is -0.480 e. The largest absolute Gasteiger partial charge is 0.480 e. The molecule has 3 rings (SSSR count). The smallest absolute Gasteiger partial charge is 0.320 e. The van der Waals surface area contributed by atoms with E-state index in [0.29, 0.717) is 11.3 Å². The van der Waals surface area contributed by atoms with Crippen molar-refractivity contribution in [3.63, 3.8) is 0 Å². The summed E-state index contributed by atoms with van der Waals surface area (Å²) >= 11 is 0. The first-order valence-electron chi connectivity index (χ1n) is 8.04. The summed E-state index contributed by atoms with van der Waals surface area (Å²) in [7, 11) is 1.41. The zero-order chi connectivity index (χ0) is 18.3. The SMILES string of the molecule is CC(C(=O)O)N(CC(=O)Nc1ccc2c(c1)C(=O)N(C)C2=O)C1CC1. The molecule has 3 amide bonds. The number of imide groups is 1. The summed E-state index contributed by atoms with van der Waals surface area (Å²) in [5.41, 5.74) is 0.965. The van der Waals surface area contributed by atoms with Crippen molar-refractivity contribution in [2.24, 2.45) is 0 Å². The van der Waals surface area contributed by atoms with Gasteiger partial charge in [0, 0.05) is 18.8 Å². The lowest BCUT2D eigenvalue weighted by Gasteiger charge is -2.25. The monoisotopic (exact) mass is 345 g/mol. The van der Waals surface area contributed by atoms with Crippen LogP contribution in [0, 0.1) is 0 Å². The first kappa shape index (κ1) is 17.1. The summed E-state index contributed by atoms with van der Waals surface area (Å²) in [6, 6.07) is 3.91. The first-order chi connectivity index (χ1) is 11.8. The van der Waals surface area contributed by atoms with E-state index in [9.17, 15) is 19.2 Å². The van der Waals surface area contributed by atoms with Crippen molar-refractivity contribution in [2.75, 3.05) is 18.9 Å². The van der Waals surface area contributed by atoms with E-state index in [4.69, 9.17) is 5.11 Å². The zero-order valence-electron chi connectivity index (χ0n) is 14.0. The van der Waals surface area contributed by atoms with Crippen molar-refractivity contribution in [1.82, 2.24) is 9.80 Å². The van der Waals surface area contributed by atoms with Gasteiger partial charge in [-0.3, -0.25) is 29.0 Å². The van der Waals surface area contributed by atoms with Crippen LogP contribution in [0.5, 0.6) is 0 Å². The predicted molar refractivity (Wildman–Crippen MR) is 88.3 cm³/mol. The van der Waals surface area contributed by atoms with E-state index in [0.717, 1.165) is 17.7 Å². The molecule has 1 fully saturated rings. The Labute approximate surface area is 144 Å². The standard InChI is InChI=1S/C17H19N3O5/c1-9(17(24)25)20(11-4-5-11)8-14(21)18-10-3-6-12-13(7-10)16(23)19(2)15(12)22/h3,6-7,9,11H,4-5,8H2,1-2H3,(H,18,21)(H,24,25). The summed E-state index contributed by atoms with van der Waals surface area (Å²) in [6.07, 6.45) is 1.76. The van der Waals surface area contributed by atoms with Crippen LogP contribution in [-0.2, 0) is 9.59 Å². The van der Waals surface area contributed by atoms with Crippen LogP contribution in [0.4, 0.5) is 5.69 Å². The number of anilines is 1. The minimum atomic E-state index is -0.968. The molecular formula is C17H19N3O5. The number of nitrogens with one attached hydrogen (secondary N) is 1. The molecule has 25 heavy (non-hydrogen) atoms. The topological polar surface area (TPSA) is 107 Å². The molecule has 1 aromatic carbocycles. The van der Waals surface area contributed by atoms with E-state index < -0.39 is 17.9 Å². The van der Waals surface area contributed by atoms with E-state index >= 15 is 0 Å². The molecule has 2 aliphatic rings.